The number of pyridine rings is 1. The fourth-order valence-corrected chi connectivity index (χ4v) is 4.34. The lowest BCUT2D eigenvalue weighted by Crippen LogP contribution is -2.16. The molecule has 1 N–H and O–H groups in total. The van der Waals surface area contributed by atoms with Crippen LogP contribution in [0.2, 0.25) is 5.02 Å². The number of halogens is 1. The van der Waals surface area contributed by atoms with Crippen molar-refractivity contribution in [2.75, 3.05) is 13.1 Å². The maximum absolute atomic E-state index is 6.52. The Morgan fingerprint density at radius 3 is 2.82 bits per heavy atom. The molecule has 2 aromatic rings. The molecule has 0 radical (unpaired) electrons. The van der Waals surface area contributed by atoms with Crippen LogP contribution in [0.3, 0.4) is 0 Å². The van der Waals surface area contributed by atoms with Gasteiger partial charge in [-0.2, -0.15) is 0 Å². The Hall–Kier alpha value is -1.03. The molecule has 0 saturated carbocycles. The normalized spacial score (nSPS) is 16.0. The first-order valence-corrected chi connectivity index (χ1v) is 9.02. The van der Waals surface area contributed by atoms with E-state index in [0.717, 1.165) is 42.3 Å². The van der Waals surface area contributed by atoms with E-state index in [1.165, 1.54) is 16.0 Å². The highest BCUT2D eigenvalue weighted by Gasteiger charge is 2.18. The van der Waals surface area contributed by atoms with Crippen molar-refractivity contribution in [1.82, 2.24) is 10.3 Å². The van der Waals surface area contributed by atoms with E-state index in [-0.39, 0.29) is 0 Å². The molecule has 4 heteroatoms. The quantitative estimate of drug-likeness (QED) is 0.832. The first kappa shape index (κ1) is 15.9. The zero-order chi connectivity index (χ0) is 15.5. The summed E-state index contributed by atoms with van der Waals surface area (Å²) in [5, 5.41) is 4.63. The number of rotatable bonds is 3. The highest BCUT2D eigenvalue weighted by molar-refractivity contribution is 7.99. The third-order valence-electron chi connectivity index (χ3n) is 4.05. The van der Waals surface area contributed by atoms with Crippen LogP contribution in [0.25, 0.3) is 0 Å². The van der Waals surface area contributed by atoms with Gasteiger partial charge in [0, 0.05) is 15.8 Å². The van der Waals surface area contributed by atoms with Crippen LogP contribution in [-0.2, 0) is 12.8 Å². The molecule has 2 nitrogen and oxygen atoms in total. The number of nitrogens with zero attached hydrogens (tertiary/aromatic N) is 1. The fourth-order valence-electron chi connectivity index (χ4n) is 2.86. The van der Waals surface area contributed by atoms with Crippen molar-refractivity contribution in [3.05, 3.63) is 57.9 Å². The molecule has 0 spiro atoms. The van der Waals surface area contributed by atoms with Gasteiger partial charge in [0.25, 0.3) is 0 Å². The largest absolute Gasteiger partial charge is 0.316 e. The molecule has 0 aliphatic carbocycles. The zero-order valence-corrected chi connectivity index (χ0v) is 14.6. The van der Waals surface area contributed by atoms with Crippen LogP contribution in [-0.4, -0.2) is 18.1 Å². The Kier molecular flexibility index (Phi) is 5.07. The second-order valence-electron chi connectivity index (χ2n) is 5.73. The predicted molar refractivity (Wildman–Crippen MR) is 95.0 cm³/mol. The highest BCUT2D eigenvalue weighted by Crippen LogP contribution is 2.41. The number of hydrogen-bond acceptors (Lipinski definition) is 3. The lowest BCUT2D eigenvalue weighted by molar-refractivity contribution is 0.709. The molecule has 1 aliphatic heterocycles. The number of benzene rings is 1. The molecule has 0 bridgehead atoms. The number of aromatic nitrogens is 1. The standard InChI is InChI=1S/C18H21ClN2S/c1-12-4-3-5-17(21-12)13(2)22-18-15-9-11-20-10-8-14(15)6-7-16(18)19/h3-7,13,20H,8-11H2,1-2H3. The van der Waals surface area contributed by atoms with E-state index in [4.69, 9.17) is 11.6 Å². The van der Waals surface area contributed by atoms with Gasteiger partial charge in [0.1, 0.15) is 0 Å². The molecule has 1 aliphatic rings. The minimum Gasteiger partial charge on any atom is -0.316 e. The third-order valence-corrected chi connectivity index (χ3v) is 5.78. The van der Waals surface area contributed by atoms with Gasteiger partial charge < -0.3 is 5.32 Å². The molecule has 0 fully saturated rings. The van der Waals surface area contributed by atoms with E-state index in [0.29, 0.717) is 5.25 Å². The Labute approximate surface area is 141 Å². The van der Waals surface area contributed by atoms with Crippen molar-refractivity contribution >= 4 is 23.4 Å². The first-order chi connectivity index (χ1) is 10.6. The second kappa shape index (κ2) is 7.03. The summed E-state index contributed by atoms with van der Waals surface area (Å²) in [6, 6.07) is 10.4. The predicted octanol–water partition coefficient (Wildman–Crippen LogP) is 4.58. The van der Waals surface area contributed by atoms with Crippen LogP contribution >= 0.6 is 23.4 Å². The van der Waals surface area contributed by atoms with Crippen molar-refractivity contribution < 1.29 is 0 Å². The van der Waals surface area contributed by atoms with Crippen LogP contribution in [0.1, 0.15) is 34.7 Å². The minimum atomic E-state index is 0.292. The fraction of sp³-hybridized carbons (Fsp3) is 0.389. The molecule has 1 atom stereocenters. The van der Waals surface area contributed by atoms with Gasteiger partial charge in [-0.15, -0.1) is 11.8 Å². The molecule has 0 amide bonds. The summed E-state index contributed by atoms with van der Waals surface area (Å²) < 4.78 is 0. The van der Waals surface area contributed by atoms with Gasteiger partial charge >= 0.3 is 0 Å². The summed E-state index contributed by atoms with van der Waals surface area (Å²) in [6.45, 7) is 6.32. The lowest BCUT2D eigenvalue weighted by atomic mass is 10.0. The molecule has 0 saturated heterocycles. The van der Waals surface area contributed by atoms with Crippen molar-refractivity contribution in [1.29, 1.82) is 0 Å². The van der Waals surface area contributed by atoms with E-state index in [9.17, 15) is 0 Å². The summed E-state index contributed by atoms with van der Waals surface area (Å²) in [6.07, 6.45) is 2.13. The number of hydrogen-bond donors (Lipinski definition) is 1. The molecule has 22 heavy (non-hydrogen) atoms. The van der Waals surface area contributed by atoms with E-state index in [1.807, 2.05) is 30.8 Å². The number of thioether (sulfide) groups is 1. The van der Waals surface area contributed by atoms with Gasteiger partial charge in [-0.3, -0.25) is 4.98 Å². The summed E-state index contributed by atoms with van der Waals surface area (Å²) in [7, 11) is 0. The lowest BCUT2D eigenvalue weighted by Gasteiger charge is -2.17. The Bertz CT molecular complexity index is 672. The number of aryl methyl sites for hydroxylation is 1. The van der Waals surface area contributed by atoms with Crippen LogP contribution in [0.15, 0.2) is 35.2 Å². The maximum Gasteiger partial charge on any atom is 0.0545 e. The van der Waals surface area contributed by atoms with Gasteiger partial charge in [-0.1, -0.05) is 23.7 Å². The van der Waals surface area contributed by atoms with Gasteiger partial charge in [-0.25, -0.2) is 0 Å². The van der Waals surface area contributed by atoms with Crippen molar-refractivity contribution in [3.63, 3.8) is 0 Å². The smallest absolute Gasteiger partial charge is 0.0545 e. The molecular formula is C18H21ClN2S. The molecule has 1 unspecified atom stereocenters. The van der Waals surface area contributed by atoms with Crippen molar-refractivity contribution in [2.45, 2.75) is 36.8 Å². The molecule has 116 valence electrons. The SMILES string of the molecule is Cc1cccc(C(C)Sc2c(Cl)ccc3c2CCNCC3)n1. The highest BCUT2D eigenvalue weighted by atomic mass is 35.5. The van der Waals surface area contributed by atoms with E-state index in [2.05, 4.69) is 35.4 Å². The first-order valence-electron chi connectivity index (χ1n) is 7.76. The third kappa shape index (κ3) is 3.48. The average molecular weight is 333 g/mol. The van der Waals surface area contributed by atoms with E-state index >= 15 is 0 Å². The minimum absolute atomic E-state index is 0.292. The Morgan fingerprint density at radius 1 is 1.18 bits per heavy atom. The van der Waals surface area contributed by atoms with Crippen LogP contribution < -0.4 is 5.32 Å². The summed E-state index contributed by atoms with van der Waals surface area (Å²) in [5.41, 5.74) is 5.03. The Balaban J connectivity index is 1.91. The average Bonchev–Trinajstić information content (AvgIpc) is 2.75. The van der Waals surface area contributed by atoms with Crippen molar-refractivity contribution in [3.8, 4) is 0 Å². The number of nitrogens with one attached hydrogen (secondary N) is 1. The monoisotopic (exact) mass is 332 g/mol. The summed E-state index contributed by atoms with van der Waals surface area (Å²) in [5.74, 6) is 0. The maximum atomic E-state index is 6.52. The van der Waals surface area contributed by atoms with Gasteiger partial charge in [0.05, 0.1) is 10.7 Å². The van der Waals surface area contributed by atoms with Crippen LogP contribution in [0.5, 0.6) is 0 Å². The van der Waals surface area contributed by atoms with Crippen molar-refractivity contribution in [2.24, 2.45) is 0 Å². The topological polar surface area (TPSA) is 24.9 Å². The van der Waals surface area contributed by atoms with Crippen LogP contribution in [0.4, 0.5) is 0 Å². The second-order valence-corrected chi connectivity index (χ2v) is 7.49. The van der Waals surface area contributed by atoms with Gasteiger partial charge in [0.2, 0.25) is 0 Å². The Morgan fingerprint density at radius 2 is 2.00 bits per heavy atom. The molecular weight excluding hydrogens is 312 g/mol. The molecule has 3 rings (SSSR count). The van der Waals surface area contributed by atoms with Crippen LogP contribution in [0, 0.1) is 6.92 Å². The molecule has 1 aromatic carbocycles. The zero-order valence-electron chi connectivity index (χ0n) is 13.0. The van der Waals surface area contributed by atoms with Gasteiger partial charge in [-0.05, 0) is 69.1 Å². The van der Waals surface area contributed by atoms with E-state index in [1.54, 1.807) is 0 Å². The summed E-state index contributed by atoms with van der Waals surface area (Å²) in [4.78, 5) is 5.89. The molecule has 1 aromatic heterocycles. The van der Waals surface area contributed by atoms with Gasteiger partial charge in [0.15, 0.2) is 0 Å². The summed E-state index contributed by atoms with van der Waals surface area (Å²) >= 11 is 8.35. The number of fused-ring (bicyclic) bond motifs is 1. The molecule has 2 heterocycles. The van der Waals surface area contributed by atoms with E-state index < -0.39 is 0 Å².